The molecule has 3 N–H and O–H groups in total. The molecule has 2 rings (SSSR count). The van der Waals surface area contributed by atoms with E-state index in [1.165, 1.54) is 10.8 Å². The predicted octanol–water partition coefficient (Wildman–Crippen LogP) is 5.00. The van der Waals surface area contributed by atoms with Gasteiger partial charge in [-0.15, -0.1) is 11.6 Å². The van der Waals surface area contributed by atoms with Gasteiger partial charge < -0.3 is 4.74 Å². The number of ether oxygens (including phenoxy) is 1. The van der Waals surface area contributed by atoms with Gasteiger partial charge in [0, 0.05) is 27.9 Å². The maximum Gasteiger partial charge on any atom is 0.411 e. The topological polar surface area (TPSA) is 83.5 Å². The molecule has 0 aliphatic rings. The van der Waals surface area contributed by atoms with Crippen LogP contribution in [0.15, 0.2) is 47.5 Å². The number of pyridine rings is 1. The van der Waals surface area contributed by atoms with E-state index in [9.17, 15) is 4.79 Å². The van der Waals surface area contributed by atoms with Crippen LogP contribution in [-0.4, -0.2) is 28.1 Å². The lowest BCUT2D eigenvalue weighted by atomic mass is 10.2. The third kappa shape index (κ3) is 7.03. The maximum atomic E-state index is 11.8. The van der Waals surface area contributed by atoms with E-state index in [0.29, 0.717) is 17.4 Å². The Morgan fingerprint density at radius 2 is 2.08 bits per heavy atom. The molecule has 0 bridgehead atoms. The van der Waals surface area contributed by atoms with Crippen molar-refractivity contribution in [3.63, 3.8) is 0 Å². The van der Waals surface area contributed by atoms with Gasteiger partial charge in [0.15, 0.2) is 0 Å². The number of alkyl halides is 1. The van der Waals surface area contributed by atoms with E-state index in [4.69, 9.17) is 21.5 Å². The van der Waals surface area contributed by atoms with Gasteiger partial charge in [0.1, 0.15) is 12.4 Å². The fourth-order valence-corrected chi connectivity index (χ4v) is 3.77. The molecule has 134 valence electrons. The molecular formula is C16H18ClN3O3S2. The molecule has 0 fully saturated rings. The summed E-state index contributed by atoms with van der Waals surface area (Å²) in [7, 11) is 3.10. The van der Waals surface area contributed by atoms with Crippen molar-refractivity contribution in [1.29, 1.82) is 0 Å². The van der Waals surface area contributed by atoms with Crippen LogP contribution in [0.1, 0.15) is 12.5 Å². The molecule has 2 aromatic rings. The van der Waals surface area contributed by atoms with Crippen LogP contribution in [-0.2, 0) is 10.6 Å². The van der Waals surface area contributed by atoms with Crippen LogP contribution < -0.4 is 10.8 Å². The quantitative estimate of drug-likeness (QED) is 0.327. The van der Waals surface area contributed by atoms with E-state index in [-0.39, 0.29) is 11.9 Å². The molecule has 1 aromatic heterocycles. The minimum atomic E-state index is -0.490. The summed E-state index contributed by atoms with van der Waals surface area (Å²) in [6.07, 6.45) is 1.16. The van der Waals surface area contributed by atoms with Crippen LogP contribution >= 0.6 is 33.2 Å². The van der Waals surface area contributed by atoms with Crippen LogP contribution in [0.5, 0.6) is 0 Å². The van der Waals surface area contributed by atoms with E-state index >= 15 is 0 Å². The second-order valence-electron chi connectivity index (χ2n) is 5.04. The van der Waals surface area contributed by atoms with E-state index in [1.807, 2.05) is 30.6 Å². The molecule has 1 aromatic carbocycles. The molecule has 9 heteroatoms. The highest BCUT2D eigenvalue weighted by Gasteiger charge is 2.09. The minimum absolute atomic E-state index is 0.102. The number of aromatic nitrogens is 1. The summed E-state index contributed by atoms with van der Waals surface area (Å²) >= 11 is 5.72. The molecule has 1 atom stereocenters. The molecule has 1 amide bonds. The summed E-state index contributed by atoms with van der Waals surface area (Å²) in [5.41, 5.74) is 3.63. The first-order valence-electron chi connectivity index (χ1n) is 7.39. The van der Waals surface area contributed by atoms with Crippen molar-refractivity contribution in [2.75, 3.05) is 17.4 Å². The van der Waals surface area contributed by atoms with Crippen molar-refractivity contribution in [2.24, 2.45) is 0 Å². The van der Waals surface area contributed by atoms with Crippen molar-refractivity contribution >= 4 is 50.8 Å². The second-order valence-corrected chi connectivity index (χ2v) is 8.02. The zero-order chi connectivity index (χ0) is 18.1. The third-order valence-corrected chi connectivity index (χ3v) is 6.12. The van der Waals surface area contributed by atoms with E-state index in [1.54, 1.807) is 35.2 Å². The molecular weight excluding hydrogens is 382 g/mol. The molecule has 0 radical (unpaired) electrons. The highest BCUT2D eigenvalue weighted by atomic mass is 35.5. The zero-order valence-electron chi connectivity index (χ0n) is 13.4. The molecule has 0 saturated carbocycles. The predicted molar refractivity (Wildman–Crippen MR) is 104 cm³/mol. The van der Waals surface area contributed by atoms with Gasteiger partial charge in [-0.3, -0.25) is 16.0 Å². The van der Waals surface area contributed by atoms with E-state index in [0.717, 1.165) is 10.5 Å². The Kier molecular flexibility index (Phi) is 8.20. The second kappa shape index (κ2) is 10.4. The highest BCUT2D eigenvalue weighted by Crippen LogP contribution is 2.34. The summed E-state index contributed by atoms with van der Waals surface area (Å²) in [5.74, 6) is 0.827. The van der Waals surface area contributed by atoms with Crippen molar-refractivity contribution in [1.82, 2.24) is 4.98 Å². The Morgan fingerprint density at radius 1 is 1.32 bits per heavy atom. The summed E-state index contributed by atoms with van der Waals surface area (Å²) < 4.78 is 5.22. The number of hydrogen-bond acceptors (Lipinski definition) is 7. The number of benzene rings is 1. The van der Waals surface area contributed by atoms with E-state index < -0.39 is 6.09 Å². The SMILES string of the molecule is C[C@H](COC(=O)Nc1ccc(CCl)cc1)SSc1ccc(NO)nc1. The number of carbonyl (C=O) groups is 1. The number of rotatable bonds is 8. The lowest BCUT2D eigenvalue weighted by Gasteiger charge is -2.12. The van der Waals surface area contributed by atoms with Crippen molar-refractivity contribution in [3.8, 4) is 0 Å². The van der Waals surface area contributed by atoms with Crippen molar-refractivity contribution in [3.05, 3.63) is 48.2 Å². The Bertz CT molecular complexity index is 671. The lowest BCUT2D eigenvalue weighted by molar-refractivity contribution is 0.163. The molecule has 6 nitrogen and oxygen atoms in total. The fourth-order valence-electron chi connectivity index (χ4n) is 1.69. The maximum absolute atomic E-state index is 11.8. The fraction of sp³-hybridized carbons (Fsp3) is 0.250. The van der Waals surface area contributed by atoms with E-state index in [2.05, 4.69) is 10.3 Å². The lowest BCUT2D eigenvalue weighted by Crippen LogP contribution is -2.18. The normalized spacial score (nSPS) is 11.6. The average molecular weight is 400 g/mol. The molecule has 0 spiro atoms. The highest BCUT2D eigenvalue weighted by molar-refractivity contribution is 8.76. The molecule has 0 unspecified atom stereocenters. The largest absolute Gasteiger partial charge is 0.448 e. The van der Waals surface area contributed by atoms with Crippen molar-refractivity contribution < 1.29 is 14.7 Å². The zero-order valence-corrected chi connectivity index (χ0v) is 15.8. The van der Waals surface area contributed by atoms with Gasteiger partial charge in [0.25, 0.3) is 0 Å². The monoisotopic (exact) mass is 399 g/mol. The van der Waals surface area contributed by atoms with Gasteiger partial charge in [-0.1, -0.05) is 33.7 Å². The number of nitrogens with zero attached hydrogens (tertiary/aromatic N) is 1. The Morgan fingerprint density at radius 3 is 2.68 bits per heavy atom. The van der Waals surface area contributed by atoms with Crippen LogP contribution in [0.2, 0.25) is 0 Å². The number of amides is 1. The Labute approximate surface area is 159 Å². The van der Waals surface area contributed by atoms with Gasteiger partial charge in [-0.2, -0.15) is 0 Å². The first-order valence-corrected chi connectivity index (χ1v) is 10.1. The number of anilines is 2. The Balaban J connectivity index is 1.69. The molecule has 1 heterocycles. The smallest absolute Gasteiger partial charge is 0.411 e. The van der Waals surface area contributed by atoms with Gasteiger partial charge in [-0.25, -0.2) is 9.78 Å². The number of nitrogens with one attached hydrogen (secondary N) is 2. The molecule has 25 heavy (non-hydrogen) atoms. The van der Waals surface area contributed by atoms with Crippen LogP contribution in [0, 0.1) is 0 Å². The third-order valence-electron chi connectivity index (χ3n) is 2.96. The van der Waals surface area contributed by atoms with Crippen LogP contribution in [0.25, 0.3) is 0 Å². The number of carbonyl (C=O) groups excluding carboxylic acids is 1. The average Bonchev–Trinajstić information content (AvgIpc) is 2.65. The molecule has 0 aliphatic heterocycles. The summed E-state index contributed by atoms with van der Waals surface area (Å²) in [6.45, 7) is 2.25. The Hall–Kier alpha value is -1.61. The van der Waals surface area contributed by atoms with Gasteiger partial charge in [0.2, 0.25) is 0 Å². The van der Waals surface area contributed by atoms with Crippen LogP contribution in [0.3, 0.4) is 0 Å². The summed E-state index contributed by atoms with van der Waals surface area (Å²) in [5, 5.41) is 11.5. The summed E-state index contributed by atoms with van der Waals surface area (Å²) in [4.78, 5) is 16.8. The van der Waals surface area contributed by atoms with Gasteiger partial charge in [-0.05, 0) is 36.8 Å². The minimum Gasteiger partial charge on any atom is -0.448 e. The number of hydrogen-bond donors (Lipinski definition) is 3. The number of halogens is 1. The first-order chi connectivity index (χ1) is 12.1. The summed E-state index contributed by atoms with van der Waals surface area (Å²) in [6, 6.07) is 10.8. The standard InChI is InChI=1S/C16H18ClN3O3S2/c1-11(24-25-14-6-7-15(20-22)18-9-14)10-23-16(21)19-13-4-2-12(8-17)3-5-13/h2-7,9,11,22H,8,10H2,1H3,(H,18,20)(H,19,21)/t11-/m1/s1. The van der Waals surface area contributed by atoms with Crippen LogP contribution in [0.4, 0.5) is 16.3 Å². The first kappa shape index (κ1) is 19.7. The van der Waals surface area contributed by atoms with Crippen molar-refractivity contribution in [2.45, 2.75) is 22.9 Å². The molecule has 0 saturated heterocycles. The van der Waals surface area contributed by atoms with Gasteiger partial charge in [0.05, 0.1) is 0 Å². The molecule has 0 aliphatic carbocycles. The van der Waals surface area contributed by atoms with Gasteiger partial charge >= 0.3 is 6.09 Å².